The lowest BCUT2D eigenvalue weighted by molar-refractivity contribution is 1.51. The third-order valence-electron chi connectivity index (χ3n) is 1.73. The van der Waals surface area contributed by atoms with Gasteiger partial charge in [0.05, 0.1) is 5.56 Å². The van der Waals surface area contributed by atoms with Crippen molar-refractivity contribution in [2.45, 2.75) is 0 Å². The molecule has 1 heterocycles. The first-order chi connectivity index (χ1) is 6.24. The summed E-state index contributed by atoms with van der Waals surface area (Å²) in [5.74, 6) is 0. The number of nitriles is 1. The van der Waals surface area contributed by atoms with Crippen LogP contribution in [-0.4, -0.2) is 0 Å². The van der Waals surface area contributed by atoms with Crippen molar-refractivity contribution >= 4 is 49.0 Å². The molecule has 64 valence electrons. The largest absolute Gasteiger partial charge is 0.192 e. The molecule has 13 heavy (non-hydrogen) atoms. The molecule has 0 saturated heterocycles. The first-order valence-corrected chi connectivity index (χ1v) is 5.49. The molecule has 4 heteroatoms. The number of nitrogens with zero attached hydrogens (tertiary/aromatic N) is 1. The van der Waals surface area contributed by atoms with E-state index in [-0.39, 0.29) is 0 Å². The number of halogens is 2. The van der Waals surface area contributed by atoms with E-state index in [0.29, 0.717) is 9.90 Å². The molecule has 1 aromatic carbocycles. The average molecular weight is 273 g/mol. The second kappa shape index (κ2) is 3.30. The summed E-state index contributed by atoms with van der Waals surface area (Å²) in [5.41, 5.74) is 0.564. The fourth-order valence-electron chi connectivity index (χ4n) is 1.18. The third kappa shape index (κ3) is 1.35. The molecule has 0 spiro atoms. The van der Waals surface area contributed by atoms with Crippen molar-refractivity contribution < 1.29 is 0 Å². The molecule has 0 radical (unpaired) electrons. The summed E-state index contributed by atoms with van der Waals surface area (Å²) in [6, 6.07) is 7.90. The van der Waals surface area contributed by atoms with Gasteiger partial charge in [0.1, 0.15) is 10.4 Å². The van der Waals surface area contributed by atoms with Gasteiger partial charge in [0.2, 0.25) is 0 Å². The first kappa shape index (κ1) is 9.01. The monoisotopic (exact) mass is 271 g/mol. The highest BCUT2D eigenvalue weighted by Gasteiger charge is 2.11. The van der Waals surface area contributed by atoms with Gasteiger partial charge in [-0.3, -0.25) is 0 Å². The second-order valence-electron chi connectivity index (χ2n) is 2.48. The SMILES string of the molecule is N#Cc1c(Cl)sc2cccc(Br)c12. The van der Waals surface area contributed by atoms with E-state index < -0.39 is 0 Å². The predicted octanol–water partition coefficient (Wildman–Crippen LogP) is 4.19. The van der Waals surface area contributed by atoms with E-state index >= 15 is 0 Å². The number of benzene rings is 1. The maximum Gasteiger partial charge on any atom is 0.112 e. The Kier molecular flexibility index (Phi) is 2.29. The van der Waals surface area contributed by atoms with Crippen molar-refractivity contribution in [3.8, 4) is 6.07 Å². The Labute approximate surface area is 92.7 Å². The minimum atomic E-state index is 0.560. The van der Waals surface area contributed by atoms with Crippen LogP contribution in [0, 0.1) is 11.3 Å². The smallest absolute Gasteiger partial charge is 0.112 e. The van der Waals surface area contributed by atoms with Crippen molar-refractivity contribution in [1.82, 2.24) is 0 Å². The maximum atomic E-state index is 8.88. The molecule has 0 aliphatic rings. The van der Waals surface area contributed by atoms with Crippen LogP contribution in [-0.2, 0) is 0 Å². The quantitative estimate of drug-likeness (QED) is 0.705. The summed E-state index contributed by atoms with van der Waals surface area (Å²) >= 11 is 10.7. The van der Waals surface area contributed by atoms with E-state index in [4.69, 9.17) is 16.9 Å². The summed E-state index contributed by atoms with van der Waals surface area (Å²) in [4.78, 5) is 0. The summed E-state index contributed by atoms with van der Waals surface area (Å²) in [6.07, 6.45) is 0. The van der Waals surface area contributed by atoms with Crippen LogP contribution in [0.15, 0.2) is 22.7 Å². The van der Waals surface area contributed by atoms with Crippen molar-refractivity contribution in [1.29, 1.82) is 5.26 Å². The van der Waals surface area contributed by atoms with Crippen LogP contribution in [0.3, 0.4) is 0 Å². The Morgan fingerprint density at radius 2 is 2.23 bits per heavy atom. The Hall–Kier alpha value is -0.560. The van der Waals surface area contributed by atoms with Gasteiger partial charge >= 0.3 is 0 Å². The van der Waals surface area contributed by atoms with Crippen LogP contribution in [0.1, 0.15) is 5.56 Å². The highest BCUT2D eigenvalue weighted by molar-refractivity contribution is 9.10. The Morgan fingerprint density at radius 3 is 2.92 bits per heavy atom. The van der Waals surface area contributed by atoms with Crippen LogP contribution in [0.2, 0.25) is 4.34 Å². The Morgan fingerprint density at radius 1 is 1.46 bits per heavy atom. The lowest BCUT2D eigenvalue weighted by Gasteiger charge is -1.92. The van der Waals surface area contributed by atoms with Crippen molar-refractivity contribution in [3.05, 3.63) is 32.6 Å². The predicted molar refractivity (Wildman–Crippen MR) is 59.3 cm³/mol. The Balaban J connectivity index is 2.99. The van der Waals surface area contributed by atoms with E-state index in [1.54, 1.807) is 0 Å². The van der Waals surface area contributed by atoms with Crippen molar-refractivity contribution in [2.75, 3.05) is 0 Å². The third-order valence-corrected chi connectivity index (χ3v) is 3.76. The van der Waals surface area contributed by atoms with E-state index in [1.807, 2.05) is 18.2 Å². The molecule has 2 rings (SSSR count). The summed E-state index contributed by atoms with van der Waals surface area (Å²) in [6.45, 7) is 0. The standard InChI is InChI=1S/C9H3BrClNS/c10-6-2-1-3-7-8(6)5(4-12)9(11)13-7/h1-3H. The fourth-order valence-corrected chi connectivity index (χ4v) is 3.16. The van der Waals surface area contributed by atoms with Gasteiger partial charge in [-0.15, -0.1) is 11.3 Å². The molecule has 0 bridgehead atoms. The molecule has 0 saturated carbocycles. The van der Waals surface area contributed by atoms with Gasteiger partial charge in [0.15, 0.2) is 0 Å². The number of hydrogen-bond donors (Lipinski definition) is 0. The molecule has 2 aromatic rings. The summed E-state index contributed by atoms with van der Waals surface area (Å²) < 4.78 is 2.52. The zero-order valence-corrected chi connectivity index (χ0v) is 9.50. The van der Waals surface area contributed by atoms with Gasteiger partial charge in [-0.05, 0) is 12.1 Å². The highest BCUT2D eigenvalue weighted by Crippen LogP contribution is 2.38. The molecule has 0 atom stereocenters. The molecule has 1 nitrogen and oxygen atoms in total. The van der Waals surface area contributed by atoms with Crippen LogP contribution in [0.25, 0.3) is 10.1 Å². The normalized spacial score (nSPS) is 10.2. The molecule has 0 aliphatic carbocycles. The summed E-state index contributed by atoms with van der Waals surface area (Å²) in [7, 11) is 0. The second-order valence-corrected chi connectivity index (χ2v) is 4.98. The summed E-state index contributed by atoms with van der Waals surface area (Å²) in [5, 5.41) is 9.80. The van der Waals surface area contributed by atoms with Crippen LogP contribution in [0.4, 0.5) is 0 Å². The van der Waals surface area contributed by atoms with Gasteiger partial charge in [-0.2, -0.15) is 5.26 Å². The molecular weight excluding hydrogens is 270 g/mol. The number of rotatable bonds is 0. The van der Waals surface area contributed by atoms with E-state index in [0.717, 1.165) is 14.6 Å². The Bertz CT molecular complexity index is 512. The number of fused-ring (bicyclic) bond motifs is 1. The van der Waals surface area contributed by atoms with Crippen molar-refractivity contribution in [3.63, 3.8) is 0 Å². The zero-order valence-electron chi connectivity index (χ0n) is 6.34. The first-order valence-electron chi connectivity index (χ1n) is 3.50. The number of hydrogen-bond acceptors (Lipinski definition) is 2. The molecular formula is C9H3BrClNS. The van der Waals surface area contributed by atoms with E-state index in [1.165, 1.54) is 11.3 Å². The van der Waals surface area contributed by atoms with E-state index in [9.17, 15) is 0 Å². The van der Waals surface area contributed by atoms with Gasteiger partial charge < -0.3 is 0 Å². The number of thiophene rings is 1. The lowest BCUT2D eigenvalue weighted by atomic mass is 10.2. The van der Waals surface area contributed by atoms with Gasteiger partial charge in [-0.1, -0.05) is 33.6 Å². The minimum absolute atomic E-state index is 0.560. The molecule has 0 unspecified atom stereocenters. The van der Waals surface area contributed by atoms with Crippen LogP contribution >= 0.6 is 38.9 Å². The topological polar surface area (TPSA) is 23.8 Å². The fraction of sp³-hybridized carbons (Fsp3) is 0. The van der Waals surface area contributed by atoms with Crippen LogP contribution < -0.4 is 0 Å². The molecule has 1 aromatic heterocycles. The van der Waals surface area contributed by atoms with E-state index in [2.05, 4.69) is 22.0 Å². The lowest BCUT2D eigenvalue weighted by Crippen LogP contribution is -1.72. The minimum Gasteiger partial charge on any atom is -0.192 e. The molecule has 0 aliphatic heterocycles. The molecule has 0 N–H and O–H groups in total. The van der Waals surface area contributed by atoms with Gasteiger partial charge in [-0.25, -0.2) is 0 Å². The van der Waals surface area contributed by atoms with Crippen LogP contribution in [0.5, 0.6) is 0 Å². The maximum absolute atomic E-state index is 8.88. The average Bonchev–Trinajstić information content (AvgIpc) is 2.42. The van der Waals surface area contributed by atoms with Crippen molar-refractivity contribution in [2.24, 2.45) is 0 Å². The van der Waals surface area contributed by atoms with Gasteiger partial charge in [0, 0.05) is 14.6 Å². The zero-order chi connectivity index (χ0) is 9.42. The van der Waals surface area contributed by atoms with Gasteiger partial charge in [0.25, 0.3) is 0 Å². The highest BCUT2D eigenvalue weighted by atomic mass is 79.9. The molecule has 0 fully saturated rings. The molecule has 0 amide bonds.